The van der Waals surface area contributed by atoms with Gasteiger partial charge in [0.05, 0.1) is 12.6 Å². The number of H-pyrrole nitrogens is 2. The standard InChI is InChI=1S/C24H32N4O3S/c1-14-7-6-8-18(15(14)2)25-20(29)9-4-5-12-28-23(30)22-21(27-24(28)32)17-13-16(31-3)10-11-19(17)26-22/h10-11,13-15,18,26H,4-9,12H2,1-3H3,(H,25,29)(H,27,32). The molecule has 8 heteroatoms. The average molecular weight is 457 g/mol. The third-order valence-corrected chi connectivity index (χ3v) is 7.35. The normalized spacial score (nSPS) is 21.2. The van der Waals surface area contributed by atoms with Crippen molar-refractivity contribution in [1.82, 2.24) is 19.9 Å². The Kier molecular flexibility index (Phi) is 6.69. The van der Waals surface area contributed by atoms with Crippen LogP contribution in [0.4, 0.5) is 0 Å². The second-order valence-corrected chi connectivity index (χ2v) is 9.46. The number of amides is 1. The van der Waals surface area contributed by atoms with E-state index in [9.17, 15) is 9.59 Å². The van der Waals surface area contributed by atoms with Gasteiger partial charge in [-0.2, -0.15) is 0 Å². The predicted molar refractivity (Wildman–Crippen MR) is 130 cm³/mol. The van der Waals surface area contributed by atoms with E-state index in [1.165, 1.54) is 12.8 Å². The second kappa shape index (κ2) is 9.48. The summed E-state index contributed by atoms with van der Waals surface area (Å²) in [7, 11) is 1.61. The van der Waals surface area contributed by atoms with Crippen molar-refractivity contribution in [2.75, 3.05) is 7.11 Å². The monoisotopic (exact) mass is 456 g/mol. The van der Waals surface area contributed by atoms with Gasteiger partial charge in [-0.1, -0.05) is 26.7 Å². The minimum absolute atomic E-state index is 0.105. The number of aromatic nitrogens is 3. The molecule has 1 aromatic carbocycles. The van der Waals surface area contributed by atoms with E-state index >= 15 is 0 Å². The quantitative estimate of drug-likeness (QED) is 0.356. The fourth-order valence-corrected chi connectivity index (χ4v) is 5.09. The summed E-state index contributed by atoms with van der Waals surface area (Å²) in [6.07, 6.45) is 5.39. The molecule has 0 spiro atoms. The molecule has 32 heavy (non-hydrogen) atoms. The molecule has 1 fully saturated rings. The van der Waals surface area contributed by atoms with Gasteiger partial charge in [0.15, 0.2) is 4.77 Å². The first kappa shape index (κ1) is 22.6. The van der Waals surface area contributed by atoms with Crippen molar-refractivity contribution < 1.29 is 9.53 Å². The molecule has 1 saturated carbocycles. The number of carbonyl (C=O) groups excluding carboxylic acids is 1. The SMILES string of the molecule is COc1ccc2[nH]c3c(=O)n(CCCCC(=O)NC4CCCC(C)C4C)c(=S)[nH]c3c2c1. The zero-order valence-electron chi connectivity index (χ0n) is 19.0. The van der Waals surface area contributed by atoms with Gasteiger partial charge in [0.1, 0.15) is 11.3 Å². The Morgan fingerprint density at radius 1 is 1.22 bits per heavy atom. The van der Waals surface area contributed by atoms with Crippen molar-refractivity contribution in [2.24, 2.45) is 11.8 Å². The molecule has 0 bridgehead atoms. The number of nitrogens with one attached hydrogen (secondary N) is 3. The molecule has 1 aliphatic carbocycles. The number of hydrogen-bond acceptors (Lipinski definition) is 4. The summed E-state index contributed by atoms with van der Waals surface area (Å²) in [5.74, 6) is 2.00. The second-order valence-electron chi connectivity index (χ2n) is 9.07. The van der Waals surface area contributed by atoms with Crippen molar-refractivity contribution in [1.29, 1.82) is 0 Å². The Balaban J connectivity index is 1.40. The Morgan fingerprint density at radius 3 is 2.81 bits per heavy atom. The number of carbonyl (C=O) groups is 1. The Labute approximate surface area is 192 Å². The largest absolute Gasteiger partial charge is 0.497 e. The lowest BCUT2D eigenvalue weighted by molar-refractivity contribution is -0.122. The van der Waals surface area contributed by atoms with Crippen molar-refractivity contribution in [3.63, 3.8) is 0 Å². The Hall–Kier alpha value is -2.61. The van der Waals surface area contributed by atoms with Gasteiger partial charge in [0.2, 0.25) is 5.91 Å². The van der Waals surface area contributed by atoms with Gasteiger partial charge in [-0.15, -0.1) is 0 Å². The fourth-order valence-electron chi connectivity index (χ4n) is 4.81. The molecule has 2 aromatic heterocycles. The number of benzene rings is 1. The molecule has 0 saturated heterocycles. The lowest BCUT2D eigenvalue weighted by Gasteiger charge is -2.34. The highest BCUT2D eigenvalue weighted by Crippen LogP contribution is 2.29. The van der Waals surface area contributed by atoms with Gasteiger partial charge in [-0.25, -0.2) is 0 Å². The average Bonchev–Trinajstić information content (AvgIpc) is 3.14. The van der Waals surface area contributed by atoms with Crippen LogP contribution in [-0.2, 0) is 11.3 Å². The van der Waals surface area contributed by atoms with Crippen LogP contribution in [0.5, 0.6) is 5.75 Å². The number of aromatic amines is 2. The van der Waals surface area contributed by atoms with Gasteiger partial charge in [-0.05, 0) is 61.5 Å². The van der Waals surface area contributed by atoms with Crippen LogP contribution in [0.1, 0.15) is 52.4 Å². The lowest BCUT2D eigenvalue weighted by Crippen LogP contribution is -2.43. The minimum Gasteiger partial charge on any atom is -0.497 e. The molecule has 3 N–H and O–H groups in total. The number of rotatable bonds is 7. The maximum absolute atomic E-state index is 13.1. The van der Waals surface area contributed by atoms with Crippen LogP contribution < -0.4 is 15.6 Å². The molecule has 1 aliphatic rings. The molecule has 3 unspecified atom stereocenters. The summed E-state index contributed by atoms with van der Waals surface area (Å²) in [6, 6.07) is 5.91. The highest BCUT2D eigenvalue weighted by atomic mass is 32.1. The summed E-state index contributed by atoms with van der Waals surface area (Å²) in [5.41, 5.74) is 1.90. The van der Waals surface area contributed by atoms with E-state index in [2.05, 4.69) is 29.1 Å². The maximum Gasteiger partial charge on any atom is 0.278 e. The van der Waals surface area contributed by atoms with Crippen molar-refractivity contribution in [3.8, 4) is 5.75 Å². The molecule has 7 nitrogen and oxygen atoms in total. The Morgan fingerprint density at radius 2 is 2.03 bits per heavy atom. The van der Waals surface area contributed by atoms with Crippen LogP contribution in [0, 0.1) is 16.6 Å². The van der Waals surface area contributed by atoms with E-state index in [1.54, 1.807) is 11.7 Å². The first-order chi connectivity index (χ1) is 15.4. The topological polar surface area (TPSA) is 91.9 Å². The zero-order valence-corrected chi connectivity index (χ0v) is 19.8. The third-order valence-electron chi connectivity index (χ3n) is 7.03. The highest BCUT2D eigenvalue weighted by Gasteiger charge is 2.27. The molecular weight excluding hydrogens is 424 g/mol. The van der Waals surface area contributed by atoms with E-state index in [0.29, 0.717) is 53.4 Å². The van der Waals surface area contributed by atoms with Gasteiger partial charge in [0.25, 0.3) is 5.56 Å². The van der Waals surface area contributed by atoms with E-state index in [4.69, 9.17) is 17.0 Å². The van der Waals surface area contributed by atoms with Crippen molar-refractivity contribution >= 4 is 40.1 Å². The molecule has 172 valence electrons. The number of unbranched alkanes of at least 4 members (excludes halogenated alkanes) is 1. The van der Waals surface area contributed by atoms with Gasteiger partial charge in [-0.3, -0.25) is 14.2 Å². The number of ether oxygens (including phenoxy) is 1. The minimum atomic E-state index is -0.145. The zero-order chi connectivity index (χ0) is 22.8. The van der Waals surface area contributed by atoms with E-state index in [0.717, 1.165) is 23.1 Å². The predicted octanol–water partition coefficient (Wildman–Crippen LogP) is 4.66. The molecule has 3 atom stereocenters. The van der Waals surface area contributed by atoms with Crippen LogP contribution in [-0.4, -0.2) is 33.6 Å². The molecule has 1 amide bonds. The van der Waals surface area contributed by atoms with Crippen LogP contribution in [0.2, 0.25) is 0 Å². The first-order valence-corrected chi connectivity index (χ1v) is 11.9. The van der Waals surface area contributed by atoms with E-state index in [-0.39, 0.29) is 17.5 Å². The summed E-state index contributed by atoms with van der Waals surface area (Å²) >= 11 is 5.47. The summed E-state index contributed by atoms with van der Waals surface area (Å²) in [4.78, 5) is 31.9. The molecule has 0 aliphatic heterocycles. The molecule has 4 rings (SSSR count). The molecular formula is C24H32N4O3S. The molecule has 2 heterocycles. The third kappa shape index (κ3) is 4.46. The number of hydrogen-bond donors (Lipinski definition) is 3. The van der Waals surface area contributed by atoms with Gasteiger partial charge >= 0.3 is 0 Å². The number of methoxy groups -OCH3 is 1. The molecule has 0 radical (unpaired) electrons. The smallest absolute Gasteiger partial charge is 0.278 e. The Bertz CT molecular complexity index is 1240. The van der Waals surface area contributed by atoms with Gasteiger partial charge < -0.3 is 20.0 Å². The van der Waals surface area contributed by atoms with Crippen LogP contribution in [0.3, 0.4) is 0 Å². The highest BCUT2D eigenvalue weighted by molar-refractivity contribution is 7.71. The number of fused-ring (bicyclic) bond motifs is 3. The summed E-state index contributed by atoms with van der Waals surface area (Å²) in [6.45, 7) is 4.98. The maximum atomic E-state index is 13.1. The van der Waals surface area contributed by atoms with Crippen molar-refractivity contribution in [3.05, 3.63) is 33.3 Å². The molecule has 3 aromatic rings. The van der Waals surface area contributed by atoms with E-state index in [1.807, 2.05) is 18.2 Å². The van der Waals surface area contributed by atoms with Crippen LogP contribution >= 0.6 is 12.2 Å². The first-order valence-electron chi connectivity index (χ1n) is 11.5. The van der Waals surface area contributed by atoms with Gasteiger partial charge in [0, 0.05) is 29.9 Å². The van der Waals surface area contributed by atoms with Crippen molar-refractivity contribution in [2.45, 2.75) is 65.0 Å². The summed E-state index contributed by atoms with van der Waals surface area (Å²) in [5, 5.41) is 4.09. The van der Waals surface area contributed by atoms with Crippen LogP contribution in [0.15, 0.2) is 23.0 Å². The summed E-state index contributed by atoms with van der Waals surface area (Å²) < 4.78 is 7.26. The fraction of sp³-hybridized carbons (Fsp3) is 0.542. The number of nitrogens with zero attached hydrogens (tertiary/aromatic N) is 1. The lowest BCUT2D eigenvalue weighted by atomic mass is 9.78. The van der Waals surface area contributed by atoms with Crippen LogP contribution in [0.25, 0.3) is 21.9 Å². The van der Waals surface area contributed by atoms with E-state index < -0.39 is 0 Å².